The van der Waals surface area contributed by atoms with Crippen LogP contribution in [0.1, 0.15) is 85.5 Å². The Kier molecular flexibility index (Phi) is 7.90. The summed E-state index contributed by atoms with van der Waals surface area (Å²) in [6.45, 7) is 10.3. The van der Waals surface area contributed by atoms with Crippen molar-refractivity contribution in [3.63, 3.8) is 0 Å². The number of rotatable bonds is 7. The molecule has 0 unspecified atom stereocenters. The normalized spacial score (nSPS) is 38.4. The SMILES string of the molecule is C=C1C(=CC=C2CCC[C@]3(C)[C@@H]([C@H](C)CCC(F)(F)C(C)(C)O)CC[C@@H]23)C[C@@](O)(CO)C[C@H]1O. The van der Waals surface area contributed by atoms with E-state index in [2.05, 4.69) is 26.5 Å². The Labute approximate surface area is 203 Å². The topological polar surface area (TPSA) is 80.9 Å². The van der Waals surface area contributed by atoms with Crippen LogP contribution in [-0.4, -0.2) is 50.3 Å². The van der Waals surface area contributed by atoms with Crippen LogP contribution in [0, 0.1) is 23.2 Å². The van der Waals surface area contributed by atoms with Crippen molar-refractivity contribution in [1.82, 2.24) is 0 Å². The number of aliphatic hydroxyl groups excluding tert-OH is 2. The van der Waals surface area contributed by atoms with Gasteiger partial charge in [0.05, 0.1) is 18.3 Å². The molecule has 4 nitrogen and oxygen atoms in total. The molecule has 4 N–H and O–H groups in total. The van der Waals surface area contributed by atoms with Gasteiger partial charge in [-0.05, 0) is 86.7 Å². The molecule has 3 aliphatic rings. The van der Waals surface area contributed by atoms with E-state index in [0.29, 0.717) is 23.8 Å². The molecule has 0 amide bonds. The van der Waals surface area contributed by atoms with Crippen molar-refractivity contribution in [2.75, 3.05) is 6.61 Å². The average molecular weight is 483 g/mol. The quantitative estimate of drug-likeness (QED) is 0.396. The summed E-state index contributed by atoms with van der Waals surface area (Å²) in [6, 6.07) is 0. The van der Waals surface area contributed by atoms with Gasteiger partial charge in [0.25, 0.3) is 5.92 Å². The number of aliphatic hydroxyl groups is 4. The van der Waals surface area contributed by atoms with Crippen molar-refractivity contribution in [3.05, 3.63) is 35.5 Å². The fourth-order valence-corrected chi connectivity index (χ4v) is 6.86. The molecule has 6 atom stereocenters. The number of hydrogen-bond donors (Lipinski definition) is 4. The lowest BCUT2D eigenvalue weighted by Gasteiger charge is -2.44. The summed E-state index contributed by atoms with van der Waals surface area (Å²) in [7, 11) is 0. The maximum Gasteiger partial charge on any atom is 0.275 e. The van der Waals surface area contributed by atoms with Crippen molar-refractivity contribution >= 4 is 0 Å². The van der Waals surface area contributed by atoms with E-state index in [1.165, 1.54) is 19.4 Å². The van der Waals surface area contributed by atoms with E-state index in [1.807, 2.05) is 6.08 Å². The van der Waals surface area contributed by atoms with Gasteiger partial charge in [-0.3, -0.25) is 0 Å². The molecule has 0 spiro atoms. The monoisotopic (exact) mass is 482 g/mol. The molecule has 194 valence electrons. The Hall–Kier alpha value is -1.08. The number of alkyl halides is 2. The van der Waals surface area contributed by atoms with Crippen molar-refractivity contribution in [2.45, 2.75) is 109 Å². The van der Waals surface area contributed by atoms with Gasteiger partial charge in [-0.15, -0.1) is 0 Å². The first-order valence-electron chi connectivity index (χ1n) is 12.8. The summed E-state index contributed by atoms with van der Waals surface area (Å²) < 4.78 is 28.7. The molecule has 0 aromatic rings. The molecule has 0 heterocycles. The summed E-state index contributed by atoms with van der Waals surface area (Å²) >= 11 is 0. The molecule has 3 fully saturated rings. The van der Waals surface area contributed by atoms with Crippen LogP contribution in [0.3, 0.4) is 0 Å². The number of hydrogen-bond acceptors (Lipinski definition) is 4. The summed E-state index contributed by atoms with van der Waals surface area (Å²) in [6.07, 6.45) is 8.81. The molecule has 0 bridgehead atoms. The minimum Gasteiger partial charge on any atom is -0.393 e. The molecular weight excluding hydrogens is 438 g/mol. The molecule has 3 rings (SSSR count). The van der Waals surface area contributed by atoms with Gasteiger partial charge in [0, 0.05) is 19.3 Å². The maximum absolute atomic E-state index is 14.4. The van der Waals surface area contributed by atoms with E-state index in [4.69, 9.17) is 0 Å². The predicted octanol–water partition coefficient (Wildman–Crippen LogP) is 5.31. The zero-order chi connectivity index (χ0) is 25.5. The highest BCUT2D eigenvalue weighted by molar-refractivity contribution is 5.40. The van der Waals surface area contributed by atoms with Gasteiger partial charge in [-0.25, -0.2) is 8.78 Å². The molecule has 0 aromatic heterocycles. The first-order chi connectivity index (χ1) is 15.6. The van der Waals surface area contributed by atoms with Crippen LogP contribution in [0.4, 0.5) is 8.78 Å². The highest BCUT2D eigenvalue weighted by Crippen LogP contribution is 2.60. The number of allylic oxidation sites excluding steroid dienone is 3. The van der Waals surface area contributed by atoms with Gasteiger partial charge in [-0.2, -0.15) is 0 Å². The van der Waals surface area contributed by atoms with Gasteiger partial charge in [0.1, 0.15) is 5.60 Å². The largest absolute Gasteiger partial charge is 0.393 e. The zero-order valence-corrected chi connectivity index (χ0v) is 21.3. The summed E-state index contributed by atoms with van der Waals surface area (Å²) in [5.74, 6) is -2.21. The minimum absolute atomic E-state index is 0.0565. The van der Waals surface area contributed by atoms with Gasteiger partial charge in [-0.1, -0.05) is 38.2 Å². The van der Waals surface area contributed by atoms with Crippen molar-refractivity contribution in [3.8, 4) is 0 Å². The van der Waals surface area contributed by atoms with Gasteiger partial charge >= 0.3 is 0 Å². The summed E-state index contributed by atoms with van der Waals surface area (Å²) in [4.78, 5) is 0. The Balaban J connectivity index is 1.75. The predicted molar refractivity (Wildman–Crippen MR) is 130 cm³/mol. The standard InChI is InChI=1S/C28H44F2O4/c1-18(12-14-28(29,30)25(3,4)33)22-10-11-23-20(7-6-13-26(22,23)5)8-9-21-15-27(34,17-31)16-24(32)19(21)2/h8-9,18,22-24,31-34H,2,6-7,10-17H2,1,3-5H3/t18-,22-,23+,24-,26-,27+/m1/s1. The van der Waals surface area contributed by atoms with Crippen LogP contribution in [0.5, 0.6) is 0 Å². The second kappa shape index (κ2) is 9.76. The second-order valence-electron chi connectivity index (χ2n) is 12.1. The van der Waals surface area contributed by atoms with E-state index >= 15 is 0 Å². The third-order valence-corrected chi connectivity index (χ3v) is 9.23. The van der Waals surface area contributed by atoms with E-state index in [9.17, 15) is 29.2 Å². The molecular formula is C28H44F2O4. The highest BCUT2D eigenvalue weighted by Gasteiger charge is 2.52. The molecule has 3 saturated carbocycles. The first kappa shape index (κ1) is 27.5. The lowest BCUT2D eigenvalue weighted by molar-refractivity contribution is -0.168. The van der Waals surface area contributed by atoms with E-state index < -0.39 is 29.8 Å². The fraction of sp³-hybridized carbons (Fsp3) is 0.786. The summed E-state index contributed by atoms with van der Waals surface area (Å²) in [5, 5.41) is 40.2. The summed E-state index contributed by atoms with van der Waals surface area (Å²) in [5.41, 5.74) is -0.571. The van der Waals surface area contributed by atoms with Crippen molar-refractivity contribution < 1.29 is 29.2 Å². The third-order valence-electron chi connectivity index (χ3n) is 9.23. The smallest absolute Gasteiger partial charge is 0.275 e. The van der Waals surface area contributed by atoms with Crippen LogP contribution in [0.15, 0.2) is 35.5 Å². The van der Waals surface area contributed by atoms with Crippen molar-refractivity contribution in [1.29, 1.82) is 0 Å². The number of halogens is 2. The maximum atomic E-state index is 14.4. The molecule has 0 radical (unpaired) electrons. The number of fused-ring (bicyclic) bond motifs is 1. The van der Waals surface area contributed by atoms with Crippen LogP contribution in [-0.2, 0) is 0 Å². The molecule has 0 saturated heterocycles. The Morgan fingerprint density at radius 1 is 1.24 bits per heavy atom. The Morgan fingerprint density at radius 3 is 2.53 bits per heavy atom. The van der Waals surface area contributed by atoms with E-state index in [0.717, 1.165) is 37.7 Å². The zero-order valence-electron chi connectivity index (χ0n) is 21.3. The molecule has 0 aromatic carbocycles. The van der Waals surface area contributed by atoms with Crippen LogP contribution >= 0.6 is 0 Å². The molecule has 0 aliphatic heterocycles. The van der Waals surface area contributed by atoms with Gasteiger partial charge in [0.2, 0.25) is 0 Å². The molecule has 6 heteroatoms. The van der Waals surface area contributed by atoms with Crippen LogP contribution in [0.2, 0.25) is 0 Å². The lowest BCUT2D eigenvalue weighted by Crippen LogP contribution is -2.43. The fourth-order valence-electron chi connectivity index (χ4n) is 6.86. The average Bonchev–Trinajstić information content (AvgIpc) is 3.10. The van der Waals surface area contributed by atoms with Crippen LogP contribution < -0.4 is 0 Å². The minimum atomic E-state index is -3.10. The van der Waals surface area contributed by atoms with E-state index in [1.54, 1.807) is 0 Å². The Bertz CT molecular complexity index is 827. The first-order valence-corrected chi connectivity index (χ1v) is 12.8. The lowest BCUT2D eigenvalue weighted by atomic mass is 9.60. The highest BCUT2D eigenvalue weighted by atomic mass is 19.3. The van der Waals surface area contributed by atoms with E-state index in [-0.39, 0.29) is 30.6 Å². The van der Waals surface area contributed by atoms with Gasteiger partial charge < -0.3 is 20.4 Å². The van der Waals surface area contributed by atoms with Gasteiger partial charge in [0.15, 0.2) is 0 Å². The van der Waals surface area contributed by atoms with Crippen LogP contribution in [0.25, 0.3) is 0 Å². The Morgan fingerprint density at radius 2 is 1.91 bits per heavy atom. The molecule has 34 heavy (non-hydrogen) atoms. The molecule has 3 aliphatic carbocycles. The second-order valence-corrected chi connectivity index (χ2v) is 12.1. The third kappa shape index (κ3) is 5.35. The van der Waals surface area contributed by atoms with Crippen molar-refractivity contribution in [2.24, 2.45) is 23.2 Å².